The average molecular weight is 239 g/mol. The van der Waals surface area contributed by atoms with Gasteiger partial charge in [0.05, 0.1) is 4.92 Å². The molecule has 0 amide bonds. The van der Waals surface area contributed by atoms with Gasteiger partial charge >= 0.3 is 5.97 Å². The number of nitrogens with zero attached hydrogens (tertiary/aromatic N) is 2. The summed E-state index contributed by atoms with van der Waals surface area (Å²) in [4.78, 5) is 24.5. The van der Waals surface area contributed by atoms with E-state index >= 15 is 0 Å². The lowest BCUT2D eigenvalue weighted by Crippen LogP contribution is -2.13. The van der Waals surface area contributed by atoms with Crippen LogP contribution in [0.15, 0.2) is 12.3 Å². The number of aromatic carboxylic acids is 1. The molecule has 0 saturated carbocycles. The summed E-state index contributed by atoms with van der Waals surface area (Å²) in [6.07, 6.45) is 1.04. The minimum atomic E-state index is -1.24. The Balaban J connectivity index is 3.04. The number of hydrogen-bond acceptors (Lipinski definition) is 5. The molecule has 17 heavy (non-hydrogen) atoms. The van der Waals surface area contributed by atoms with E-state index < -0.39 is 10.9 Å². The molecule has 1 aromatic rings. The monoisotopic (exact) mass is 239 g/mol. The molecule has 1 heterocycles. The van der Waals surface area contributed by atoms with Crippen LogP contribution in [-0.4, -0.2) is 27.5 Å². The summed E-state index contributed by atoms with van der Waals surface area (Å²) in [6, 6.07) is 0.998. The SMILES string of the molecule is CC(C)CNc1ncc([N+](=O)[O-])cc1C(=O)O. The zero-order valence-corrected chi connectivity index (χ0v) is 9.51. The van der Waals surface area contributed by atoms with Gasteiger partial charge in [-0.05, 0) is 5.92 Å². The first-order valence-corrected chi connectivity index (χ1v) is 5.03. The number of carbonyl (C=O) groups is 1. The number of nitro groups is 1. The van der Waals surface area contributed by atoms with Crippen LogP contribution in [0.1, 0.15) is 24.2 Å². The summed E-state index contributed by atoms with van der Waals surface area (Å²) >= 11 is 0. The van der Waals surface area contributed by atoms with Crippen molar-refractivity contribution in [3.63, 3.8) is 0 Å². The highest BCUT2D eigenvalue weighted by Crippen LogP contribution is 2.19. The van der Waals surface area contributed by atoms with Gasteiger partial charge in [0.25, 0.3) is 5.69 Å². The number of pyridine rings is 1. The molecule has 0 atom stereocenters. The maximum atomic E-state index is 10.9. The van der Waals surface area contributed by atoms with Crippen molar-refractivity contribution in [3.05, 3.63) is 27.9 Å². The van der Waals surface area contributed by atoms with Gasteiger partial charge in [0, 0.05) is 12.6 Å². The number of anilines is 1. The van der Waals surface area contributed by atoms with Crippen molar-refractivity contribution in [1.82, 2.24) is 4.98 Å². The standard InChI is InChI=1S/C10H13N3O4/c1-6(2)4-11-9-8(10(14)15)3-7(5-12-9)13(16)17/h3,5-6H,4H2,1-2H3,(H,11,12)(H,14,15). The van der Waals surface area contributed by atoms with Crippen molar-refractivity contribution in [2.75, 3.05) is 11.9 Å². The predicted molar refractivity (Wildman–Crippen MR) is 61.2 cm³/mol. The van der Waals surface area contributed by atoms with E-state index in [1.165, 1.54) is 0 Å². The summed E-state index contributed by atoms with van der Waals surface area (Å²) in [5.41, 5.74) is -0.530. The number of carboxylic acid groups (broad SMARTS) is 1. The van der Waals surface area contributed by atoms with Crippen molar-refractivity contribution in [1.29, 1.82) is 0 Å². The molecule has 0 fully saturated rings. The average Bonchev–Trinajstić information content (AvgIpc) is 2.25. The largest absolute Gasteiger partial charge is 0.478 e. The molecule has 0 aliphatic heterocycles. The molecule has 0 aromatic carbocycles. The molecule has 0 unspecified atom stereocenters. The molecule has 0 aliphatic rings. The molecule has 1 rings (SSSR count). The van der Waals surface area contributed by atoms with Crippen LogP contribution in [0.4, 0.5) is 11.5 Å². The molecule has 1 aromatic heterocycles. The maximum absolute atomic E-state index is 10.9. The highest BCUT2D eigenvalue weighted by atomic mass is 16.6. The number of hydrogen-bond donors (Lipinski definition) is 2. The van der Waals surface area contributed by atoms with Crippen LogP contribution in [0.3, 0.4) is 0 Å². The number of carboxylic acids is 1. The van der Waals surface area contributed by atoms with Gasteiger partial charge in [0.2, 0.25) is 0 Å². The van der Waals surface area contributed by atoms with Gasteiger partial charge in [-0.2, -0.15) is 0 Å². The Hall–Kier alpha value is -2.18. The van der Waals surface area contributed by atoms with Gasteiger partial charge in [-0.15, -0.1) is 0 Å². The fraction of sp³-hybridized carbons (Fsp3) is 0.400. The third kappa shape index (κ3) is 3.40. The van der Waals surface area contributed by atoms with Gasteiger partial charge in [0.15, 0.2) is 0 Å². The Morgan fingerprint density at radius 1 is 1.65 bits per heavy atom. The van der Waals surface area contributed by atoms with E-state index in [0.717, 1.165) is 12.3 Å². The van der Waals surface area contributed by atoms with E-state index in [-0.39, 0.29) is 17.1 Å². The fourth-order valence-electron chi connectivity index (χ4n) is 1.16. The lowest BCUT2D eigenvalue weighted by atomic mass is 10.2. The molecule has 0 radical (unpaired) electrons. The van der Waals surface area contributed by atoms with E-state index in [1.807, 2.05) is 13.8 Å². The van der Waals surface area contributed by atoms with E-state index in [2.05, 4.69) is 10.3 Å². The number of aromatic nitrogens is 1. The Kier molecular flexibility index (Phi) is 3.97. The Morgan fingerprint density at radius 3 is 2.76 bits per heavy atom. The topological polar surface area (TPSA) is 105 Å². The van der Waals surface area contributed by atoms with Crippen molar-refractivity contribution < 1.29 is 14.8 Å². The molecular weight excluding hydrogens is 226 g/mol. The van der Waals surface area contributed by atoms with Crippen molar-refractivity contribution in [3.8, 4) is 0 Å². The molecule has 2 N–H and O–H groups in total. The smallest absolute Gasteiger partial charge is 0.339 e. The Labute approximate surface area is 97.6 Å². The maximum Gasteiger partial charge on any atom is 0.339 e. The van der Waals surface area contributed by atoms with E-state index in [9.17, 15) is 14.9 Å². The number of rotatable bonds is 5. The van der Waals surface area contributed by atoms with Crippen LogP contribution in [0, 0.1) is 16.0 Å². The molecule has 0 bridgehead atoms. The van der Waals surface area contributed by atoms with E-state index in [0.29, 0.717) is 12.5 Å². The zero-order valence-electron chi connectivity index (χ0n) is 9.51. The highest BCUT2D eigenvalue weighted by Gasteiger charge is 2.17. The molecule has 0 aliphatic carbocycles. The summed E-state index contributed by atoms with van der Waals surface area (Å²) in [5, 5.41) is 22.3. The molecule has 0 saturated heterocycles. The number of nitrogens with one attached hydrogen (secondary N) is 1. The van der Waals surface area contributed by atoms with E-state index in [4.69, 9.17) is 5.11 Å². The fourth-order valence-corrected chi connectivity index (χ4v) is 1.16. The summed E-state index contributed by atoms with van der Waals surface area (Å²) < 4.78 is 0. The molecule has 0 spiro atoms. The van der Waals surface area contributed by atoms with Crippen molar-refractivity contribution in [2.24, 2.45) is 5.92 Å². The second-order valence-electron chi connectivity index (χ2n) is 3.93. The zero-order chi connectivity index (χ0) is 13.0. The quantitative estimate of drug-likeness (QED) is 0.599. The van der Waals surface area contributed by atoms with Crippen molar-refractivity contribution in [2.45, 2.75) is 13.8 Å². The van der Waals surface area contributed by atoms with Crippen LogP contribution in [0.25, 0.3) is 0 Å². The second-order valence-corrected chi connectivity index (χ2v) is 3.93. The summed E-state index contributed by atoms with van der Waals surface area (Å²) in [6.45, 7) is 4.46. The van der Waals surface area contributed by atoms with Crippen LogP contribution < -0.4 is 5.32 Å². The molecule has 7 nitrogen and oxygen atoms in total. The normalized spacial score (nSPS) is 10.3. The van der Waals surface area contributed by atoms with Gasteiger partial charge < -0.3 is 10.4 Å². The second kappa shape index (κ2) is 5.24. The lowest BCUT2D eigenvalue weighted by Gasteiger charge is -2.09. The molecule has 92 valence electrons. The van der Waals surface area contributed by atoms with Crippen LogP contribution in [0.2, 0.25) is 0 Å². The van der Waals surface area contributed by atoms with Crippen LogP contribution in [-0.2, 0) is 0 Å². The lowest BCUT2D eigenvalue weighted by molar-refractivity contribution is -0.385. The van der Waals surface area contributed by atoms with Gasteiger partial charge in [0.1, 0.15) is 17.6 Å². The third-order valence-corrected chi connectivity index (χ3v) is 1.99. The van der Waals surface area contributed by atoms with E-state index in [1.54, 1.807) is 0 Å². The minimum Gasteiger partial charge on any atom is -0.478 e. The van der Waals surface area contributed by atoms with Crippen LogP contribution in [0.5, 0.6) is 0 Å². The first-order chi connectivity index (χ1) is 7.91. The first kappa shape index (κ1) is 12.9. The Morgan fingerprint density at radius 2 is 2.29 bits per heavy atom. The summed E-state index contributed by atoms with van der Waals surface area (Å²) in [7, 11) is 0. The van der Waals surface area contributed by atoms with Gasteiger partial charge in [-0.1, -0.05) is 13.8 Å². The van der Waals surface area contributed by atoms with Crippen molar-refractivity contribution >= 4 is 17.5 Å². The predicted octanol–water partition coefficient (Wildman–Crippen LogP) is 1.76. The highest BCUT2D eigenvalue weighted by molar-refractivity contribution is 5.93. The van der Waals surface area contributed by atoms with Gasteiger partial charge in [-0.25, -0.2) is 9.78 Å². The molecular formula is C10H13N3O4. The third-order valence-electron chi connectivity index (χ3n) is 1.99. The first-order valence-electron chi connectivity index (χ1n) is 5.03. The van der Waals surface area contributed by atoms with Gasteiger partial charge in [-0.3, -0.25) is 10.1 Å². The summed E-state index contributed by atoms with van der Waals surface area (Å²) in [5.74, 6) is -0.780. The molecule has 7 heteroatoms. The minimum absolute atomic E-state index is 0.150. The van der Waals surface area contributed by atoms with Crippen LogP contribution >= 0.6 is 0 Å². The Bertz CT molecular complexity index is 445.